The second kappa shape index (κ2) is 11.2. The Morgan fingerprint density at radius 2 is 2.09 bits per heavy atom. The lowest BCUT2D eigenvalue weighted by Gasteiger charge is -2.32. The van der Waals surface area contributed by atoms with Gasteiger partial charge in [-0.05, 0) is 50.2 Å². The summed E-state index contributed by atoms with van der Waals surface area (Å²) in [5.41, 5.74) is 0.0690. The van der Waals surface area contributed by atoms with E-state index in [9.17, 15) is 8.78 Å². The summed E-state index contributed by atoms with van der Waals surface area (Å²) in [6.07, 6.45) is 10.4. The highest BCUT2D eigenvalue weighted by atomic mass is 19.1. The monoisotopic (exact) mass is 600 g/mol. The van der Waals surface area contributed by atoms with Gasteiger partial charge in [-0.25, -0.2) is 13.2 Å². The Bertz CT molecular complexity index is 1790. The van der Waals surface area contributed by atoms with Crippen molar-refractivity contribution in [2.75, 3.05) is 38.2 Å². The molecule has 0 radical (unpaired) electrons. The van der Waals surface area contributed by atoms with Gasteiger partial charge in [0, 0.05) is 49.2 Å². The zero-order valence-electron chi connectivity index (χ0n) is 24.9. The summed E-state index contributed by atoms with van der Waals surface area (Å²) in [5, 5.41) is 5.07. The number of alkyl halides is 1. The molecule has 0 spiro atoms. The van der Waals surface area contributed by atoms with Crippen LogP contribution in [0.3, 0.4) is 0 Å². The van der Waals surface area contributed by atoms with Gasteiger partial charge < -0.3 is 15.0 Å². The van der Waals surface area contributed by atoms with E-state index in [2.05, 4.69) is 37.9 Å². The molecule has 0 unspecified atom stereocenters. The number of rotatable bonds is 7. The van der Waals surface area contributed by atoms with E-state index in [0.29, 0.717) is 40.5 Å². The van der Waals surface area contributed by atoms with E-state index in [-0.39, 0.29) is 41.5 Å². The van der Waals surface area contributed by atoms with E-state index in [4.69, 9.17) is 16.1 Å². The van der Waals surface area contributed by atoms with Gasteiger partial charge in [0.25, 0.3) is 0 Å². The molecule has 4 aromatic rings. The second-order valence-electron chi connectivity index (χ2n) is 12.3. The molecule has 3 aliphatic heterocycles. The van der Waals surface area contributed by atoms with E-state index in [0.717, 1.165) is 38.8 Å². The number of aromatic nitrogens is 3. The van der Waals surface area contributed by atoms with Crippen LogP contribution >= 0.6 is 0 Å². The topological polar surface area (TPSA) is 66.4 Å². The fourth-order valence-corrected chi connectivity index (χ4v) is 7.67. The number of halogens is 3. The molecule has 7 rings (SSSR count). The third-order valence-corrected chi connectivity index (χ3v) is 9.85. The third-order valence-electron chi connectivity index (χ3n) is 9.85. The van der Waals surface area contributed by atoms with Crippen LogP contribution in [0.5, 0.6) is 6.01 Å². The Hall–Kier alpha value is -3.94. The second-order valence-corrected chi connectivity index (χ2v) is 12.3. The number of nitrogens with one attached hydrogen (secondary N) is 1. The molecule has 3 saturated heterocycles. The van der Waals surface area contributed by atoms with Gasteiger partial charge in [0.1, 0.15) is 35.6 Å². The molecule has 4 atom stereocenters. The van der Waals surface area contributed by atoms with Gasteiger partial charge in [-0.15, -0.1) is 6.42 Å². The maximum Gasteiger partial charge on any atom is 0.319 e. The average molecular weight is 601 g/mol. The summed E-state index contributed by atoms with van der Waals surface area (Å²) in [4.78, 5) is 18.2. The molecule has 2 aromatic carbocycles. The first-order valence-electron chi connectivity index (χ1n) is 15.4. The summed E-state index contributed by atoms with van der Waals surface area (Å²) in [6.45, 7) is 4.46. The van der Waals surface area contributed by atoms with E-state index < -0.39 is 23.3 Å². The maximum atomic E-state index is 16.7. The number of nitrogens with zero attached hydrogens (tertiary/aromatic N) is 5. The molecule has 5 heterocycles. The summed E-state index contributed by atoms with van der Waals surface area (Å²) >= 11 is 0. The Kier molecular flexibility index (Phi) is 7.34. The van der Waals surface area contributed by atoms with Crippen LogP contribution in [0.15, 0.2) is 36.5 Å². The van der Waals surface area contributed by atoms with Crippen LogP contribution in [-0.2, 0) is 0 Å². The minimum absolute atomic E-state index is 0.00838. The summed E-state index contributed by atoms with van der Waals surface area (Å²) in [5.74, 6) is 1.71. The van der Waals surface area contributed by atoms with E-state index in [1.807, 2.05) is 7.05 Å². The number of anilines is 1. The molecule has 0 aliphatic carbocycles. The predicted molar refractivity (Wildman–Crippen MR) is 166 cm³/mol. The van der Waals surface area contributed by atoms with Crippen LogP contribution in [0.2, 0.25) is 0 Å². The highest BCUT2D eigenvalue weighted by Crippen LogP contribution is 2.41. The quantitative estimate of drug-likeness (QED) is 0.276. The number of ether oxygens (including phenoxy) is 1. The molecule has 1 N–H and O–H groups in total. The summed E-state index contributed by atoms with van der Waals surface area (Å²) < 4.78 is 52.2. The number of likely N-dealkylation sites (N-methyl/N-ethyl adjacent to an activating group) is 1. The molecule has 228 valence electrons. The van der Waals surface area contributed by atoms with Crippen molar-refractivity contribution in [3.05, 3.63) is 53.7 Å². The molecule has 10 heteroatoms. The van der Waals surface area contributed by atoms with Gasteiger partial charge in [0.15, 0.2) is 5.82 Å². The lowest BCUT2D eigenvalue weighted by atomic mass is 9.95. The number of pyridine rings is 1. The summed E-state index contributed by atoms with van der Waals surface area (Å²) in [7, 11) is 1.95. The van der Waals surface area contributed by atoms with Gasteiger partial charge in [-0.2, -0.15) is 9.97 Å². The normalized spacial score (nSPS) is 25.0. The number of benzene rings is 2. The lowest BCUT2D eigenvalue weighted by molar-refractivity contribution is 0.107. The molecule has 44 heavy (non-hydrogen) atoms. The molecule has 0 amide bonds. The van der Waals surface area contributed by atoms with E-state index in [1.54, 1.807) is 30.5 Å². The zero-order chi connectivity index (χ0) is 30.6. The first-order chi connectivity index (χ1) is 21.3. The van der Waals surface area contributed by atoms with Gasteiger partial charge in [-0.1, -0.05) is 37.1 Å². The van der Waals surface area contributed by atoms with Gasteiger partial charge in [0.2, 0.25) is 0 Å². The van der Waals surface area contributed by atoms with Crippen molar-refractivity contribution >= 4 is 27.5 Å². The SMILES string of the molecule is C#Cc1c(F)ccc2cccc(-c3ncc4c(N(C)[C@@H]5CCN[C@@H]5CC)nc(OC[C@@]56CCCN5C[C@H](F)C6)nc4c3F)c12. The van der Waals surface area contributed by atoms with Crippen molar-refractivity contribution in [2.45, 2.75) is 62.8 Å². The largest absolute Gasteiger partial charge is 0.461 e. The van der Waals surface area contributed by atoms with Crippen LogP contribution in [0, 0.1) is 24.0 Å². The molecular weight excluding hydrogens is 565 g/mol. The maximum absolute atomic E-state index is 16.7. The fourth-order valence-electron chi connectivity index (χ4n) is 7.67. The van der Waals surface area contributed by atoms with Crippen LogP contribution in [0.4, 0.5) is 19.0 Å². The zero-order valence-corrected chi connectivity index (χ0v) is 24.9. The molecular formula is C34H35F3N6O. The Morgan fingerprint density at radius 1 is 1.23 bits per heavy atom. The standard InChI is InChI=1S/C34H35F3N6O/c1-4-22-25(36)11-10-20-8-6-9-23(28(20)22)30-29(37)31-24(17-39-30)32(42(3)27-12-14-38-26(27)5-2)41-33(40-31)44-19-34-13-7-15-43(34)18-21(35)16-34/h1,6,8-11,17,21,26-27,38H,5,7,12-16,18-19H2,2-3H3/t21-,26-,27-,34+/m1/s1. The smallest absolute Gasteiger partial charge is 0.319 e. The fraction of sp³-hybridized carbons (Fsp3) is 0.441. The van der Waals surface area contributed by atoms with Crippen molar-refractivity contribution < 1.29 is 17.9 Å². The number of hydrogen-bond donors (Lipinski definition) is 1. The highest BCUT2D eigenvalue weighted by molar-refractivity contribution is 6.02. The van der Waals surface area contributed by atoms with Crippen LogP contribution in [0.25, 0.3) is 32.9 Å². The molecule has 3 fully saturated rings. The molecule has 7 nitrogen and oxygen atoms in total. The van der Waals surface area contributed by atoms with E-state index >= 15 is 4.39 Å². The average Bonchev–Trinajstić information content (AvgIpc) is 3.74. The summed E-state index contributed by atoms with van der Waals surface area (Å²) in [6, 6.07) is 8.57. The van der Waals surface area contributed by atoms with E-state index in [1.165, 1.54) is 6.07 Å². The van der Waals surface area contributed by atoms with Crippen molar-refractivity contribution in [1.82, 2.24) is 25.2 Å². The predicted octanol–water partition coefficient (Wildman–Crippen LogP) is 5.64. The molecule has 0 saturated carbocycles. The molecule has 0 bridgehead atoms. The number of terminal acetylenes is 1. The Labute approximate surface area is 254 Å². The van der Waals surface area contributed by atoms with Crippen molar-refractivity contribution in [3.8, 4) is 29.6 Å². The molecule has 2 aromatic heterocycles. The first kappa shape index (κ1) is 28.8. The first-order valence-corrected chi connectivity index (χ1v) is 15.4. The highest BCUT2D eigenvalue weighted by Gasteiger charge is 2.49. The Morgan fingerprint density at radius 3 is 2.91 bits per heavy atom. The van der Waals surface area contributed by atoms with Crippen molar-refractivity contribution in [1.29, 1.82) is 0 Å². The van der Waals surface area contributed by atoms with Gasteiger partial charge in [-0.3, -0.25) is 9.88 Å². The minimum Gasteiger partial charge on any atom is -0.461 e. The lowest BCUT2D eigenvalue weighted by Crippen LogP contribution is -2.44. The van der Waals surface area contributed by atoms with Crippen LogP contribution in [0.1, 0.15) is 44.6 Å². The van der Waals surface area contributed by atoms with Gasteiger partial charge in [0.05, 0.1) is 16.5 Å². The Balaban J connectivity index is 1.37. The number of fused-ring (bicyclic) bond motifs is 3. The molecule has 3 aliphatic rings. The van der Waals surface area contributed by atoms with Crippen LogP contribution in [-0.4, -0.2) is 76.9 Å². The number of hydrogen-bond acceptors (Lipinski definition) is 7. The minimum atomic E-state index is -0.900. The van der Waals surface area contributed by atoms with Crippen molar-refractivity contribution in [2.24, 2.45) is 0 Å². The third kappa shape index (κ3) is 4.65. The van der Waals surface area contributed by atoms with Gasteiger partial charge >= 0.3 is 6.01 Å². The van der Waals surface area contributed by atoms with Crippen LogP contribution < -0.4 is 15.0 Å². The van der Waals surface area contributed by atoms with Crippen molar-refractivity contribution in [3.63, 3.8) is 0 Å².